The number of benzene rings is 1. The molecule has 1 aliphatic heterocycles. The number of sulfonamides is 1. The highest BCUT2D eigenvalue weighted by atomic mass is 32.2. The predicted octanol–water partition coefficient (Wildman–Crippen LogP) is -0.485. The number of rotatable bonds is 9. The lowest BCUT2D eigenvalue weighted by Crippen LogP contribution is -2.48. The first-order chi connectivity index (χ1) is 19.0. The number of aromatic nitrogens is 6. The summed E-state index contributed by atoms with van der Waals surface area (Å²) in [6, 6.07) is 4.47. The second-order valence-electron chi connectivity index (χ2n) is 9.93. The second kappa shape index (κ2) is 12.1. The summed E-state index contributed by atoms with van der Waals surface area (Å²) >= 11 is 0. The summed E-state index contributed by atoms with van der Waals surface area (Å²) in [6.07, 6.45) is 3.46. The van der Waals surface area contributed by atoms with Crippen molar-refractivity contribution < 1.29 is 27.9 Å². The number of nitrogens with one attached hydrogen (secondary N) is 1. The molecule has 216 valence electrons. The van der Waals surface area contributed by atoms with E-state index < -0.39 is 22.2 Å². The third kappa shape index (κ3) is 6.63. The van der Waals surface area contributed by atoms with E-state index in [-0.39, 0.29) is 55.4 Å². The van der Waals surface area contributed by atoms with Crippen LogP contribution in [0.15, 0.2) is 42.1 Å². The summed E-state index contributed by atoms with van der Waals surface area (Å²) in [5.41, 5.74) is 0.948. The van der Waals surface area contributed by atoms with Crippen LogP contribution in [0.1, 0.15) is 19.4 Å². The summed E-state index contributed by atoms with van der Waals surface area (Å²) in [4.78, 5) is 31.4. The van der Waals surface area contributed by atoms with Crippen LogP contribution in [0.2, 0.25) is 0 Å². The first-order valence-corrected chi connectivity index (χ1v) is 14.1. The van der Waals surface area contributed by atoms with Gasteiger partial charge in [-0.25, -0.2) is 18.1 Å². The lowest BCUT2D eigenvalue weighted by atomic mass is 10.0. The Labute approximate surface area is 231 Å². The van der Waals surface area contributed by atoms with Crippen LogP contribution in [0.4, 0.5) is 5.69 Å². The molecule has 3 aromatic rings. The van der Waals surface area contributed by atoms with E-state index >= 15 is 0 Å². The van der Waals surface area contributed by atoms with Crippen molar-refractivity contribution in [1.82, 2.24) is 39.0 Å². The Morgan fingerprint density at radius 1 is 1.32 bits per heavy atom. The fraction of sp³-hybridized carbons (Fsp3) is 0.500. The normalized spacial score (nSPS) is 18.9. The number of aliphatic hydroxyl groups is 1. The number of ether oxygens (including phenoxy) is 1. The van der Waals surface area contributed by atoms with E-state index in [2.05, 4.69) is 25.8 Å². The number of nitrogens with zero attached hydrogens (tertiary/aromatic N) is 8. The highest BCUT2D eigenvalue weighted by Gasteiger charge is 2.34. The van der Waals surface area contributed by atoms with Crippen LogP contribution in [-0.2, 0) is 39.6 Å². The predicted molar refractivity (Wildman–Crippen MR) is 141 cm³/mol. The van der Waals surface area contributed by atoms with Gasteiger partial charge in [-0.3, -0.25) is 9.59 Å². The average molecular weight is 576 g/mol. The molecule has 0 saturated carbocycles. The third-order valence-corrected chi connectivity index (χ3v) is 8.40. The van der Waals surface area contributed by atoms with E-state index in [0.29, 0.717) is 17.0 Å². The van der Waals surface area contributed by atoms with Gasteiger partial charge in [-0.1, -0.05) is 6.92 Å². The van der Waals surface area contributed by atoms with E-state index in [4.69, 9.17) is 4.74 Å². The molecule has 2 amide bonds. The Morgan fingerprint density at radius 2 is 2.10 bits per heavy atom. The van der Waals surface area contributed by atoms with Crippen LogP contribution in [0.5, 0.6) is 5.75 Å². The number of anilines is 1. The lowest BCUT2D eigenvalue weighted by molar-refractivity contribution is -0.134. The summed E-state index contributed by atoms with van der Waals surface area (Å²) < 4.78 is 36.7. The quantitative estimate of drug-likeness (QED) is 0.338. The third-order valence-electron chi connectivity index (χ3n) is 6.69. The molecule has 0 saturated heterocycles. The van der Waals surface area contributed by atoms with Crippen molar-refractivity contribution in [2.45, 2.75) is 44.0 Å². The molecule has 0 radical (unpaired) electrons. The van der Waals surface area contributed by atoms with E-state index in [0.717, 1.165) is 0 Å². The van der Waals surface area contributed by atoms with Crippen LogP contribution in [0.3, 0.4) is 0 Å². The van der Waals surface area contributed by atoms with Crippen LogP contribution in [-0.4, -0.2) is 103 Å². The summed E-state index contributed by atoms with van der Waals surface area (Å²) in [5.74, 6) is -0.511. The van der Waals surface area contributed by atoms with Crippen molar-refractivity contribution in [3.05, 3.63) is 42.6 Å². The molecule has 1 aliphatic rings. The smallest absolute Gasteiger partial charge is 0.261 e. The van der Waals surface area contributed by atoms with Gasteiger partial charge < -0.3 is 24.6 Å². The number of carbonyl (C=O) groups excluding carboxylic acids is 2. The van der Waals surface area contributed by atoms with Crippen LogP contribution in [0, 0.1) is 5.92 Å². The summed E-state index contributed by atoms with van der Waals surface area (Å²) in [5, 5.41) is 23.2. The minimum Gasteiger partial charge on any atom is -0.488 e. The number of hydrogen-bond donors (Lipinski definition) is 2. The summed E-state index contributed by atoms with van der Waals surface area (Å²) in [6.45, 7) is 3.50. The first kappa shape index (κ1) is 29.1. The number of imidazole rings is 1. The zero-order chi connectivity index (χ0) is 29.0. The number of likely N-dealkylation sites (N-methyl/N-ethyl adjacent to an activating group) is 1. The minimum absolute atomic E-state index is 0.0144. The minimum atomic E-state index is -3.90. The van der Waals surface area contributed by atoms with Crippen molar-refractivity contribution in [2.24, 2.45) is 13.0 Å². The zero-order valence-electron chi connectivity index (χ0n) is 22.7. The largest absolute Gasteiger partial charge is 0.488 e. The molecule has 0 fully saturated rings. The number of fused-ring (bicyclic) bond motifs is 1. The number of aryl methyl sites for hydroxylation is 1. The molecule has 15 nitrogen and oxygen atoms in total. The molecule has 0 unspecified atom stereocenters. The van der Waals surface area contributed by atoms with Crippen molar-refractivity contribution in [2.75, 3.05) is 32.1 Å². The maximum absolute atomic E-state index is 13.4. The summed E-state index contributed by atoms with van der Waals surface area (Å²) in [7, 11) is -0.760. The van der Waals surface area contributed by atoms with E-state index in [1.165, 1.54) is 34.9 Å². The molecule has 40 heavy (non-hydrogen) atoms. The Morgan fingerprint density at radius 3 is 2.75 bits per heavy atom. The molecule has 2 N–H and O–H groups in total. The number of hydrogen-bond acceptors (Lipinski definition) is 10. The van der Waals surface area contributed by atoms with Crippen LogP contribution in [0.25, 0.3) is 0 Å². The van der Waals surface area contributed by atoms with E-state index in [9.17, 15) is 23.1 Å². The van der Waals surface area contributed by atoms with Gasteiger partial charge in [0.15, 0.2) is 5.03 Å². The van der Waals surface area contributed by atoms with Gasteiger partial charge in [0.05, 0.1) is 31.9 Å². The van der Waals surface area contributed by atoms with Gasteiger partial charge in [0.2, 0.25) is 11.8 Å². The maximum atomic E-state index is 13.4. The van der Waals surface area contributed by atoms with Gasteiger partial charge in [0.25, 0.3) is 10.0 Å². The first-order valence-electron chi connectivity index (χ1n) is 12.6. The molecule has 2 aromatic heterocycles. The number of tetrazole rings is 1. The molecule has 3 atom stereocenters. The van der Waals surface area contributed by atoms with Gasteiger partial charge in [-0.05, 0) is 35.5 Å². The molecule has 1 aromatic carbocycles. The standard InChI is InChI=1S/C24H33N9O6S/c1-16-9-33(17(2)13-34)24(36)8-18-7-19(27-22(35)11-32-15-26-28-29-32)5-6-20(18)39-21(16)10-31(4)40(37,38)23-12-30(3)14-25-23/h5-7,12,14-17,21,34H,8-11,13H2,1-4H3,(H,27,35)/t16-,17+,21+/m1/s1. The Kier molecular flexibility index (Phi) is 8.80. The molecule has 0 spiro atoms. The Hall–Kier alpha value is -3.89. The van der Waals surface area contributed by atoms with Gasteiger partial charge in [-0.2, -0.15) is 4.31 Å². The van der Waals surface area contributed by atoms with Gasteiger partial charge in [0.1, 0.15) is 24.7 Å². The highest BCUT2D eigenvalue weighted by Crippen LogP contribution is 2.29. The van der Waals surface area contributed by atoms with E-state index in [1.807, 2.05) is 6.92 Å². The van der Waals surface area contributed by atoms with E-state index in [1.54, 1.807) is 41.6 Å². The molecular formula is C24H33N9O6S. The van der Waals surface area contributed by atoms with Crippen molar-refractivity contribution in [1.29, 1.82) is 0 Å². The second-order valence-corrected chi connectivity index (χ2v) is 11.9. The van der Waals surface area contributed by atoms with Gasteiger partial charge >= 0.3 is 0 Å². The fourth-order valence-electron chi connectivity index (χ4n) is 4.36. The van der Waals surface area contributed by atoms with Crippen LogP contribution >= 0.6 is 0 Å². The average Bonchev–Trinajstić information content (AvgIpc) is 3.59. The fourth-order valence-corrected chi connectivity index (χ4v) is 5.50. The molecule has 16 heteroatoms. The monoisotopic (exact) mass is 575 g/mol. The Balaban J connectivity index is 1.62. The van der Waals surface area contributed by atoms with Gasteiger partial charge in [0, 0.05) is 44.0 Å². The van der Waals surface area contributed by atoms with Crippen LogP contribution < -0.4 is 10.1 Å². The molecule has 3 heterocycles. The lowest BCUT2D eigenvalue weighted by Gasteiger charge is -2.33. The zero-order valence-corrected chi connectivity index (χ0v) is 23.5. The number of amides is 2. The highest BCUT2D eigenvalue weighted by molar-refractivity contribution is 7.89. The number of carbonyl (C=O) groups is 2. The molecule has 0 aliphatic carbocycles. The van der Waals surface area contributed by atoms with Crippen molar-refractivity contribution >= 4 is 27.5 Å². The SMILES string of the molecule is C[C@@H]1CN([C@@H](C)CO)C(=O)Cc2cc(NC(=O)Cn3cnnn3)ccc2O[C@H]1CN(C)S(=O)(=O)c1cn(C)cn1. The molecule has 0 bridgehead atoms. The number of aliphatic hydroxyl groups excluding tert-OH is 1. The Bertz CT molecular complexity index is 1440. The van der Waals surface area contributed by atoms with Crippen molar-refractivity contribution in [3.63, 3.8) is 0 Å². The molecule has 4 rings (SSSR count). The van der Waals surface area contributed by atoms with Gasteiger partial charge in [-0.15, -0.1) is 5.10 Å². The maximum Gasteiger partial charge on any atom is 0.261 e. The van der Waals surface area contributed by atoms with Crippen molar-refractivity contribution in [3.8, 4) is 5.75 Å². The molecular weight excluding hydrogens is 542 g/mol. The topological polar surface area (TPSA) is 178 Å².